The van der Waals surface area contributed by atoms with Crippen molar-refractivity contribution in [1.29, 1.82) is 0 Å². The lowest BCUT2D eigenvalue weighted by molar-refractivity contribution is -0.122. The molecule has 0 radical (unpaired) electrons. The van der Waals surface area contributed by atoms with Crippen LogP contribution in [0, 0.1) is 5.92 Å². The van der Waals surface area contributed by atoms with Gasteiger partial charge in [-0.15, -0.1) is 0 Å². The first-order valence-corrected chi connectivity index (χ1v) is 8.97. The minimum Gasteiger partial charge on any atom is -0.338 e. The minimum absolute atomic E-state index is 0.0265. The van der Waals surface area contributed by atoms with Crippen LogP contribution in [-0.4, -0.2) is 18.5 Å². The second-order valence-electron chi connectivity index (χ2n) is 6.49. The summed E-state index contributed by atoms with van der Waals surface area (Å²) in [6.07, 6.45) is 0. The van der Waals surface area contributed by atoms with Crippen LogP contribution in [0.3, 0.4) is 0 Å². The van der Waals surface area contributed by atoms with Gasteiger partial charge in [-0.1, -0.05) is 74.5 Å². The molecule has 0 saturated heterocycles. The summed E-state index contributed by atoms with van der Waals surface area (Å²) in [5, 5.41) is 8.46. The second-order valence-corrected chi connectivity index (χ2v) is 6.49. The summed E-state index contributed by atoms with van der Waals surface area (Å²) in [6.45, 7) is 6.48. The highest BCUT2D eigenvalue weighted by molar-refractivity contribution is 5.97. The maximum Gasteiger partial charge on any atom is 0.321 e. The van der Waals surface area contributed by atoms with E-state index in [1.54, 1.807) is 6.92 Å². The Morgan fingerprint density at radius 3 is 1.92 bits per heavy atom. The molecular formula is C21H27N3O2. The van der Waals surface area contributed by atoms with E-state index in [0.29, 0.717) is 6.54 Å². The highest BCUT2D eigenvalue weighted by Gasteiger charge is 2.27. The average Bonchev–Trinajstić information content (AvgIpc) is 2.63. The van der Waals surface area contributed by atoms with E-state index in [4.69, 9.17) is 0 Å². The molecule has 0 fully saturated rings. The largest absolute Gasteiger partial charge is 0.338 e. The van der Waals surface area contributed by atoms with Gasteiger partial charge in [0.15, 0.2) is 0 Å². The number of hydrogen-bond acceptors (Lipinski definition) is 3. The zero-order valence-electron chi connectivity index (χ0n) is 15.5. The zero-order valence-corrected chi connectivity index (χ0v) is 15.5. The number of urea groups is 1. The first-order valence-electron chi connectivity index (χ1n) is 8.97. The van der Waals surface area contributed by atoms with Crippen molar-refractivity contribution in [2.45, 2.75) is 32.9 Å². The summed E-state index contributed by atoms with van der Waals surface area (Å²) in [6, 6.07) is 18.3. The molecule has 3 N–H and O–H groups in total. The van der Waals surface area contributed by atoms with Crippen molar-refractivity contribution < 1.29 is 9.59 Å². The van der Waals surface area contributed by atoms with Crippen molar-refractivity contribution in [1.82, 2.24) is 16.0 Å². The van der Waals surface area contributed by atoms with Crippen LogP contribution in [0.1, 0.15) is 44.0 Å². The Bertz CT molecular complexity index is 702. The number of amides is 3. The molecule has 5 heteroatoms. The van der Waals surface area contributed by atoms with Crippen molar-refractivity contribution in [2.75, 3.05) is 6.54 Å². The van der Waals surface area contributed by atoms with Gasteiger partial charge in [0.2, 0.25) is 5.91 Å². The summed E-state index contributed by atoms with van der Waals surface area (Å²) in [4.78, 5) is 24.6. The number of rotatable bonds is 7. The van der Waals surface area contributed by atoms with Crippen LogP contribution in [0.2, 0.25) is 0 Å². The number of benzene rings is 2. The fourth-order valence-electron chi connectivity index (χ4n) is 2.87. The Morgan fingerprint density at radius 1 is 0.885 bits per heavy atom. The normalized spacial score (nSPS) is 13.1. The fraction of sp³-hybridized carbons (Fsp3) is 0.333. The molecule has 0 aromatic heterocycles. The molecular weight excluding hydrogens is 326 g/mol. The zero-order chi connectivity index (χ0) is 18.9. The van der Waals surface area contributed by atoms with Gasteiger partial charge in [0.25, 0.3) is 0 Å². The minimum atomic E-state index is -0.633. The van der Waals surface area contributed by atoms with Crippen LogP contribution in [0.15, 0.2) is 60.7 Å². The molecule has 0 bridgehead atoms. The van der Waals surface area contributed by atoms with Crippen molar-refractivity contribution in [3.05, 3.63) is 71.8 Å². The third kappa shape index (κ3) is 5.43. The summed E-state index contributed by atoms with van der Waals surface area (Å²) in [7, 11) is 0. The second kappa shape index (κ2) is 9.73. The lowest BCUT2D eigenvalue weighted by Gasteiger charge is -2.28. The van der Waals surface area contributed by atoms with Gasteiger partial charge in [-0.25, -0.2) is 4.79 Å². The van der Waals surface area contributed by atoms with Gasteiger partial charge in [-0.2, -0.15) is 0 Å². The van der Waals surface area contributed by atoms with E-state index in [2.05, 4.69) is 29.8 Å². The van der Waals surface area contributed by atoms with Crippen LogP contribution in [-0.2, 0) is 4.79 Å². The summed E-state index contributed by atoms with van der Waals surface area (Å²) >= 11 is 0. The maximum atomic E-state index is 12.8. The predicted octanol–water partition coefficient (Wildman–Crippen LogP) is 3.56. The number of carbonyl (C=O) groups excluding carboxylic acids is 2. The van der Waals surface area contributed by atoms with Gasteiger partial charge in [-0.05, 0) is 24.0 Å². The first-order chi connectivity index (χ1) is 12.5. The van der Waals surface area contributed by atoms with E-state index in [0.717, 1.165) is 11.1 Å². The summed E-state index contributed by atoms with van der Waals surface area (Å²) < 4.78 is 0. The van der Waals surface area contributed by atoms with E-state index in [1.807, 2.05) is 60.7 Å². The molecule has 0 aliphatic heterocycles. The van der Waals surface area contributed by atoms with Crippen LogP contribution >= 0.6 is 0 Å². The number of hydrogen-bond donors (Lipinski definition) is 3. The topological polar surface area (TPSA) is 70.2 Å². The van der Waals surface area contributed by atoms with E-state index in [1.165, 1.54) is 0 Å². The van der Waals surface area contributed by atoms with Gasteiger partial charge in [0.05, 0.1) is 0 Å². The molecule has 0 aliphatic carbocycles. The van der Waals surface area contributed by atoms with Crippen molar-refractivity contribution in [3.8, 4) is 0 Å². The Kier molecular flexibility index (Phi) is 7.36. The molecule has 0 heterocycles. The SMILES string of the molecule is CCNC(=O)NC(=O)[C@H](N[C@@H](c1ccccc1)C(C)C)c1ccccc1. The van der Waals surface area contributed by atoms with Gasteiger partial charge in [0, 0.05) is 12.6 Å². The van der Waals surface area contributed by atoms with Crippen molar-refractivity contribution in [2.24, 2.45) is 5.92 Å². The Hall–Kier alpha value is -2.66. The van der Waals surface area contributed by atoms with Crippen molar-refractivity contribution in [3.63, 3.8) is 0 Å². The van der Waals surface area contributed by atoms with Gasteiger partial charge < -0.3 is 5.32 Å². The fourth-order valence-corrected chi connectivity index (χ4v) is 2.87. The third-order valence-electron chi connectivity index (χ3n) is 4.14. The molecule has 0 aliphatic rings. The number of imide groups is 1. The van der Waals surface area contributed by atoms with Crippen LogP contribution in [0.5, 0.6) is 0 Å². The maximum absolute atomic E-state index is 12.8. The molecule has 0 saturated carbocycles. The molecule has 2 aromatic carbocycles. The number of nitrogens with one attached hydrogen (secondary N) is 3. The van der Waals surface area contributed by atoms with Crippen LogP contribution in [0.4, 0.5) is 4.79 Å². The van der Waals surface area contributed by atoms with Gasteiger partial charge in [0.1, 0.15) is 6.04 Å². The first kappa shape index (κ1) is 19.7. The monoisotopic (exact) mass is 353 g/mol. The molecule has 0 unspecified atom stereocenters. The molecule has 3 amide bonds. The lowest BCUT2D eigenvalue weighted by Crippen LogP contribution is -2.46. The Labute approximate surface area is 155 Å². The highest BCUT2D eigenvalue weighted by atomic mass is 16.2. The van der Waals surface area contributed by atoms with Gasteiger partial charge in [-0.3, -0.25) is 15.4 Å². The highest BCUT2D eigenvalue weighted by Crippen LogP contribution is 2.26. The number of carbonyl (C=O) groups is 2. The van der Waals surface area contributed by atoms with E-state index < -0.39 is 12.1 Å². The molecule has 2 rings (SSSR count). The molecule has 26 heavy (non-hydrogen) atoms. The molecule has 2 atom stereocenters. The standard InChI is InChI=1S/C21H27N3O2/c1-4-22-21(26)24-20(25)19(17-13-9-6-10-14-17)23-18(15(2)3)16-11-7-5-8-12-16/h5-15,18-19,23H,4H2,1-3H3,(H2,22,24,25,26)/t18-,19-/m1/s1. The van der Waals surface area contributed by atoms with Crippen LogP contribution < -0.4 is 16.0 Å². The third-order valence-corrected chi connectivity index (χ3v) is 4.14. The molecule has 138 valence electrons. The van der Waals surface area contributed by atoms with E-state index >= 15 is 0 Å². The average molecular weight is 353 g/mol. The van der Waals surface area contributed by atoms with Gasteiger partial charge >= 0.3 is 6.03 Å². The van der Waals surface area contributed by atoms with Crippen molar-refractivity contribution >= 4 is 11.9 Å². The lowest BCUT2D eigenvalue weighted by atomic mass is 9.94. The predicted molar refractivity (Wildman–Crippen MR) is 104 cm³/mol. The van der Waals surface area contributed by atoms with E-state index in [9.17, 15) is 9.59 Å². The Balaban J connectivity index is 2.28. The summed E-state index contributed by atoms with van der Waals surface area (Å²) in [5.74, 6) is -0.107. The molecule has 0 spiro atoms. The molecule has 5 nitrogen and oxygen atoms in total. The van der Waals surface area contributed by atoms with E-state index in [-0.39, 0.29) is 17.9 Å². The smallest absolute Gasteiger partial charge is 0.321 e. The summed E-state index contributed by atoms with van der Waals surface area (Å²) in [5.41, 5.74) is 1.92. The molecule has 2 aromatic rings. The Morgan fingerprint density at radius 2 is 1.42 bits per heavy atom. The quantitative estimate of drug-likeness (QED) is 0.713. The van der Waals surface area contributed by atoms with Crippen LogP contribution in [0.25, 0.3) is 0 Å².